The topological polar surface area (TPSA) is 77.5 Å². The van der Waals surface area contributed by atoms with E-state index in [0.29, 0.717) is 16.6 Å². The normalized spacial score (nSPS) is 12.5. The molecule has 6 nitrogen and oxygen atoms in total. The number of ether oxygens (including phenoxy) is 2. The molecule has 2 aromatic carbocycles. The Morgan fingerprint density at radius 3 is 2.35 bits per heavy atom. The summed E-state index contributed by atoms with van der Waals surface area (Å²) in [4.78, 5) is 28.7. The smallest absolute Gasteiger partial charge is 0.318 e. The molecule has 1 aliphatic rings. The Balaban J connectivity index is 1.53. The van der Waals surface area contributed by atoms with Gasteiger partial charge in [-0.05, 0) is 12.1 Å². The van der Waals surface area contributed by atoms with Crippen molar-refractivity contribution in [2.45, 2.75) is 5.92 Å². The van der Waals surface area contributed by atoms with Crippen molar-refractivity contribution < 1.29 is 19.1 Å². The van der Waals surface area contributed by atoms with Gasteiger partial charge in [0.05, 0.1) is 0 Å². The molecule has 0 unspecified atom stereocenters. The molecule has 1 N–H and O–H groups in total. The van der Waals surface area contributed by atoms with E-state index >= 15 is 0 Å². The maximum atomic E-state index is 12.8. The average molecular weight is 366 g/mol. The molecule has 2 heterocycles. The molecular formula is C19H14N2O4S. The number of thiazole rings is 1. The third kappa shape index (κ3) is 3.16. The number of hydrogen-bond acceptors (Lipinski definition) is 6. The summed E-state index contributed by atoms with van der Waals surface area (Å²) in [5, 5.41) is 4.80. The first-order chi connectivity index (χ1) is 12.7. The number of hydrogen-bond donors (Lipinski definition) is 1. The molecule has 0 aliphatic carbocycles. The van der Waals surface area contributed by atoms with Gasteiger partial charge in [-0.3, -0.25) is 14.9 Å². The quantitative estimate of drug-likeness (QED) is 0.715. The van der Waals surface area contributed by atoms with Crippen LogP contribution in [0.15, 0.2) is 60.1 Å². The number of nitrogens with zero attached hydrogens (tertiary/aromatic N) is 1. The maximum absolute atomic E-state index is 12.8. The average Bonchev–Trinajstić information content (AvgIpc) is 3.17. The van der Waals surface area contributed by atoms with Crippen LogP contribution in [0.5, 0.6) is 11.5 Å². The van der Waals surface area contributed by atoms with Gasteiger partial charge in [0.25, 0.3) is 5.91 Å². The number of para-hydroxylation sites is 2. The number of nitrogens with one attached hydrogen (secondary N) is 1. The number of amides is 1. The number of fused-ring (bicyclic) bond motifs is 2. The van der Waals surface area contributed by atoms with Crippen LogP contribution in [0, 0.1) is 0 Å². The van der Waals surface area contributed by atoms with Crippen molar-refractivity contribution in [2.24, 2.45) is 0 Å². The van der Waals surface area contributed by atoms with E-state index in [4.69, 9.17) is 9.47 Å². The van der Waals surface area contributed by atoms with Gasteiger partial charge in [0.1, 0.15) is 17.4 Å². The number of anilines is 1. The molecule has 0 spiro atoms. The van der Waals surface area contributed by atoms with E-state index in [-0.39, 0.29) is 6.61 Å². The number of carbonyl (C=O) groups excluding carboxylic acids is 2. The molecule has 0 saturated carbocycles. The maximum Gasteiger partial charge on any atom is 0.318 e. The van der Waals surface area contributed by atoms with Crippen LogP contribution >= 0.6 is 11.3 Å². The van der Waals surface area contributed by atoms with E-state index in [1.54, 1.807) is 23.7 Å². The summed E-state index contributed by atoms with van der Waals surface area (Å²) >= 11 is 1.29. The lowest BCUT2D eigenvalue weighted by Crippen LogP contribution is -2.26. The summed E-state index contributed by atoms with van der Waals surface area (Å²) in [7, 11) is 0. The van der Waals surface area contributed by atoms with Crippen LogP contribution in [0.3, 0.4) is 0 Å². The molecule has 0 bridgehead atoms. The van der Waals surface area contributed by atoms with Crippen LogP contribution < -0.4 is 10.1 Å². The molecule has 1 amide bonds. The van der Waals surface area contributed by atoms with Gasteiger partial charge in [-0.1, -0.05) is 36.4 Å². The van der Waals surface area contributed by atoms with Gasteiger partial charge < -0.3 is 9.47 Å². The Morgan fingerprint density at radius 1 is 1.08 bits per heavy atom. The second-order valence-corrected chi connectivity index (χ2v) is 6.50. The number of rotatable bonds is 4. The van der Waals surface area contributed by atoms with Crippen molar-refractivity contribution in [1.82, 2.24) is 4.98 Å². The first kappa shape index (κ1) is 16.3. The van der Waals surface area contributed by atoms with Crippen molar-refractivity contribution in [3.05, 3.63) is 71.2 Å². The largest absolute Gasteiger partial charge is 0.457 e. The minimum atomic E-state index is -0.635. The third-order valence-electron chi connectivity index (χ3n) is 3.94. The van der Waals surface area contributed by atoms with Crippen molar-refractivity contribution >= 4 is 28.3 Å². The summed E-state index contributed by atoms with van der Waals surface area (Å²) in [6.45, 7) is -0.375. The molecule has 0 atom stereocenters. The Kier molecular flexibility index (Phi) is 4.37. The molecule has 7 heteroatoms. The fourth-order valence-electron chi connectivity index (χ4n) is 2.82. The fraction of sp³-hybridized carbons (Fsp3) is 0.105. The van der Waals surface area contributed by atoms with Gasteiger partial charge in [0.2, 0.25) is 0 Å². The molecule has 0 fully saturated rings. The van der Waals surface area contributed by atoms with Gasteiger partial charge in [-0.25, -0.2) is 4.98 Å². The SMILES string of the molecule is O=C(COC(=O)C1c2ccccc2Oc2ccccc21)Nc1nccs1. The van der Waals surface area contributed by atoms with E-state index in [9.17, 15) is 9.59 Å². The van der Waals surface area contributed by atoms with Crippen LogP contribution in [0.25, 0.3) is 0 Å². The Hall–Kier alpha value is -3.19. The predicted octanol–water partition coefficient (Wildman–Crippen LogP) is 3.56. The van der Waals surface area contributed by atoms with E-state index in [2.05, 4.69) is 10.3 Å². The Bertz CT molecular complexity index is 910. The second-order valence-electron chi connectivity index (χ2n) is 5.60. The molecule has 1 aromatic heterocycles. The monoisotopic (exact) mass is 366 g/mol. The zero-order chi connectivity index (χ0) is 17.9. The number of benzene rings is 2. The number of esters is 1. The van der Waals surface area contributed by atoms with Gasteiger partial charge in [0, 0.05) is 22.7 Å². The minimum Gasteiger partial charge on any atom is -0.457 e. The van der Waals surface area contributed by atoms with Crippen molar-refractivity contribution in [1.29, 1.82) is 0 Å². The van der Waals surface area contributed by atoms with Crippen LogP contribution in [-0.2, 0) is 14.3 Å². The summed E-state index contributed by atoms with van der Waals surface area (Å²) in [6.07, 6.45) is 1.59. The van der Waals surface area contributed by atoms with E-state index < -0.39 is 17.8 Å². The van der Waals surface area contributed by atoms with E-state index in [0.717, 1.165) is 11.1 Å². The van der Waals surface area contributed by atoms with Crippen LogP contribution in [0.4, 0.5) is 5.13 Å². The van der Waals surface area contributed by atoms with E-state index in [1.807, 2.05) is 36.4 Å². The van der Waals surface area contributed by atoms with Gasteiger partial charge in [-0.2, -0.15) is 0 Å². The number of carbonyl (C=O) groups is 2. The fourth-order valence-corrected chi connectivity index (χ4v) is 3.37. The molecule has 26 heavy (non-hydrogen) atoms. The van der Waals surface area contributed by atoms with Crippen LogP contribution in [-0.4, -0.2) is 23.5 Å². The molecule has 4 rings (SSSR count). The van der Waals surface area contributed by atoms with E-state index in [1.165, 1.54) is 11.3 Å². The van der Waals surface area contributed by atoms with Crippen LogP contribution in [0.1, 0.15) is 17.0 Å². The highest BCUT2D eigenvalue weighted by molar-refractivity contribution is 7.13. The first-order valence-electron chi connectivity index (χ1n) is 7.94. The van der Waals surface area contributed by atoms with Gasteiger partial charge in [0.15, 0.2) is 11.7 Å². The summed E-state index contributed by atoms with van der Waals surface area (Å²) in [5.41, 5.74) is 1.44. The molecule has 3 aromatic rings. The molecule has 1 aliphatic heterocycles. The van der Waals surface area contributed by atoms with Gasteiger partial charge >= 0.3 is 5.97 Å². The highest BCUT2D eigenvalue weighted by atomic mass is 32.1. The zero-order valence-electron chi connectivity index (χ0n) is 13.5. The van der Waals surface area contributed by atoms with Gasteiger partial charge in [-0.15, -0.1) is 11.3 Å². The highest BCUT2D eigenvalue weighted by Gasteiger charge is 2.33. The Labute approximate surface area is 153 Å². The van der Waals surface area contributed by atoms with Crippen molar-refractivity contribution in [3.8, 4) is 11.5 Å². The summed E-state index contributed by atoms with van der Waals surface area (Å²) in [6, 6.07) is 14.6. The summed E-state index contributed by atoms with van der Waals surface area (Å²) < 4.78 is 11.1. The molecular weight excluding hydrogens is 352 g/mol. The van der Waals surface area contributed by atoms with Crippen molar-refractivity contribution in [3.63, 3.8) is 0 Å². The second kappa shape index (κ2) is 6.97. The van der Waals surface area contributed by atoms with Crippen molar-refractivity contribution in [2.75, 3.05) is 11.9 Å². The molecule has 0 saturated heterocycles. The third-order valence-corrected chi connectivity index (χ3v) is 4.63. The predicted molar refractivity (Wildman–Crippen MR) is 96.5 cm³/mol. The minimum absolute atomic E-state index is 0.375. The Morgan fingerprint density at radius 2 is 1.73 bits per heavy atom. The number of aromatic nitrogens is 1. The lowest BCUT2D eigenvalue weighted by molar-refractivity contribution is -0.148. The zero-order valence-corrected chi connectivity index (χ0v) is 14.4. The lowest BCUT2D eigenvalue weighted by Gasteiger charge is -2.26. The van der Waals surface area contributed by atoms with Crippen LogP contribution in [0.2, 0.25) is 0 Å². The standard InChI is InChI=1S/C19H14N2O4S/c22-16(21-19-20-9-10-26-19)11-24-18(23)17-12-5-1-3-7-14(12)25-15-8-4-2-6-13(15)17/h1-10,17H,11H2,(H,20,21,22). The molecule has 0 radical (unpaired) electrons. The highest BCUT2D eigenvalue weighted by Crippen LogP contribution is 2.44. The summed E-state index contributed by atoms with van der Waals surface area (Å²) in [5.74, 6) is -0.339. The first-order valence-corrected chi connectivity index (χ1v) is 8.82. The lowest BCUT2D eigenvalue weighted by atomic mass is 9.88. The molecule has 130 valence electrons.